The largest absolute Gasteiger partial charge is 0.474 e. The molecule has 9 nitrogen and oxygen atoms in total. The number of hydrogen-bond acceptors (Lipinski definition) is 9. The number of fused-ring (bicyclic) bond motifs is 1. The van der Waals surface area contributed by atoms with Crippen molar-refractivity contribution in [2.45, 2.75) is 32.8 Å². The fourth-order valence-electron chi connectivity index (χ4n) is 3.27. The molecule has 2 aromatic rings. The normalized spacial score (nSPS) is 12.6. The van der Waals surface area contributed by atoms with Gasteiger partial charge in [-0.05, 0) is 49.2 Å². The zero-order valence-corrected chi connectivity index (χ0v) is 18.8. The number of carbonyl (C=O) groups is 3. The van der Waals surface area contributed by atoms with Gasteiger partial charge in [0, 0.05) is 5.56 Å². The van der Waals surface area contributed by atoms with Crippen molar-refractivity contribution in [2.75, 3.05) is 27.1 Å². The zero-order chi connectivity index (χ0) is 23.8. The lowest BCUT2D eigenvalue weighted by Crippen LogP contribution is -2.25. The topological polar surface area (TPSA) is 107 Å². The van der Waals surface area contributed by atoms with Gasteiger partial charge in [0.1, 0.15) is 5.75 Å². The summed E-state index contributed by atoms with van der Waals surface area (Å²) in [7, 11) is 1.31. The lowest BCUT2D eigenvalue weighted by atomic mass is 10.0. The molecule has 0 saturated carbocycles. The number of carbonyl (C=O) groups excluding carboxylic acids is 3. The Labute approximate surface area is 191 Å². The molecule has 0 spiro atoms. The van der Waals surface area contributed by atoms with Crippen molar-refractivity contribution in [1.82, 2.24) is 0 Å². The molecule has 1 aliphatic heterocycles. The monoisotopic (exact) mass is 458 g/mol. The Kier molecular flexibility index (Phi) is 8.12. The van der Waals surface area contributed by atoms with Crippen LogP contribution in [-0.4, -0.2) is 45.0 Å². The lowest BCUT2D eigenvalue weighted by Gasteiger charge is -2.21. The van der Waals surface area contributed by atoms with Gasteiger partial charge in [0.15, 0.2) is 18.1 Å². The second kappa shape index (κ2) is 11.2. The Bertz CT molecular complexity index is 1010. The van der Waals surface area contributed by atoms with Gasteiger partial charge in [-0.1, -0.05) is 19.4 Å². The van der Waals surface area contributed by atoms with Gasteiger partial charge >= 0.3 is 17.9 Å². The predicted octanol–water partition coefficient (Wildman–Crippen LogP) is 3.38. The van der Waals surface area contributed by atoms with Crippen LogP contribution in [0.4, 0.5) is 0 Å². The van der Waals surface area contributed by atoms with Crippen molar-refractivity contribution in [3.63, 3.8) is 0 Å². The van der Waals surface area contributed by atoms with Crippen molar-refractivity contribution >= 4 is 17.9 Å². The highest BCUT2D eigenvalue weighted by Gasteiger charge is 2.29. The van der Waals surface area contributed by atoms with Crippen molar-refractivity contribution in [3.05, 3.63) is 53.1 Å². The summed E-state index contributed by atoms with van der Waals surface area (Å²) in [6.07, 6.45) is 0.183. The van der Waals surface area contributed by atoms with Crippen LogP contribution in [0.5, 0.6) is 17.2 Å². The maximum Gasteiger partial charge on any atom is 0.352 e. The molecule has 0 saturated heterocycles. The quantitative estimate of drug-likeness (QED) is 0.391. The molecule has 0 bridgehead atoms. The van der Waals surface area contributed by atoms with Gasteiger partial charge in [0.25, 0.3) is 0 Å². The van der Waals surface area contributed by atoms with Crippen LogP contribution in [0.1, 0.15) is 47.9 Å². The standard InChI is InChI=1S/C24H26O9/c1-4-6-15-11-17(23(26)28-3)8-9-18(15)33-22(24(27)30-13-21(25)29-5-2)16-7-10-19-20(12-16)32-14-31-19/h7-12,22H,4-6,13-14H2,1-3H3/t22-/m1/s1. The first-order valence-corrected chi connectivity index (χ1v) is 10.6. The Hall–Kier alpha value is -3.75. The predicted molar refractivity (Wildman–Crippen MR) is 115 cm³/mol. The number of aryl methyl sites for hydroxylation is 1. The molecule has 2 aromatic carbocycles. The van der Waals surface area contributed by atoms with Crippen LogP contribution in [0, 0.1) is 0 Å². The third-order valence-electron chi connectivity index (χ3n) is 4.80. The Balaban J connectivity index is 1.91. The molecule has 9 heteroatoms. The van der Waals surface area contributed by atoms with Crippen molar-refractivity contribution in [3.8, 4) is 17.2 Å². The lowest BCUT2D eigenvalue weighted by molar-refractivity contribution is -0.163. The van der Waals surface area contributed by atoms with E-state index in [1.807, 2.05) is 6.92 Å². The van der Waals surface area contributed by atoms with Gasteiger partial charge < -0.3 is 28.4 Å². The summed E-state index contributed by atoms with van der Waals surface area (Å²) in [5.74, 6) is -0.494. The SMILES string of the molecule is CCCc1cc(C(=O)OC)ccc1O[C@@H](C(=O)OCC(=O)OCC)c1ccc2c(c1)OCO2. The highest BCUT2D eigenvalue weighted by molar-refractivity contribution is 5.89. The van der Waals surface area contributed by atoms with Crippen LogP contribution < -0.4 is 14.2 Å². The second-order valence-electron chi connectivity index (χ2n) is 7.09. The molecule has 1 aliphatic rings. The summed E-state index contributed by atoms with van der Waals surface area (Å²) in [6, 6.07) is 9.79. The summed E-state index contributed by atoms with van der Waals surface area (Å²) < 4.78 is 31.6. The maximum absolute atomic E-state index is 12.9. The van der Waals surface area contributed by atoms with Crippen molar-refractivity contribution in [2.24, 2.45) is 0 Å². The smallest absolute Gasteiger partial charge is 0.352 e. The minimum Gasteiger partial charge on any atom is -0.474 e. The van der Waals surface area contributed by atoms with E-state index in [1.54, 1.807) is 43.3 Å². The number of ether oxygens (including phenoxy) is 6. The first-order valence-electron chi connectivity index (χ1n) is 10.6. The summed E-state index contributed by atoms with van der Waals surface area (Å²) in [5.41, 5.74) is 1.55. The third kappa shape index (κ3) is 5.94. The number of rotatable bonds is 10. The highest BCUT2D eigenvalue weighted by Crippen LogP contribution is 2.36. The molecule has 33 heavy (non-hydrogen) atoms. The molecule has 1 atom stereocenters. The van der Waals surface area contributed by atoms with E-state index in [-0.39, 0.29) is 13.4 Å². The van der Waals surface area contributed by atoms with Crippen LogP contribution >= 0.6 is 0 Å². The van der Waals surface area contributed by atoms with Gasteiger partial charge in [-0.15, -0.1) is 0 Å². The fourth-order valence-corrected chi connectivity index (χ4v) is 3.27. The van der Waals surface area contributed by atoms with E-state index in [1.165, 1.54) is 7.11 Å². The van der Waals surface area contributed by atoms with Crippen LogP contribution in [0.2, 0.25) is 0 Å². The summed E-state index contributed by atoms with van der Waals surface area (Å²) in [5, 5.41) is 0. The Morgan fingerprint density at radius 2 is 1.79 bits per heavy atom. The molecule has 0 N–H and O–H groups in total. The summed E-state index contributed by atoms with van der Waals surface area (Å²) >= 11 is 0. The first-order chi connectivity index (χ1) is 16.0. The minimum absolute atomic E-state index is 0.0766. The molecule has 0 unspecified atom stereocenters. The van der Waals surface area contributed by atoms with Crippen LogP contribution in [0.25, 0.3) is 0 Å². The molecule has 0 aromatic heterocycles. The Morgan fingerprint density at radius 1 is 1.00 bits per heavy atom. The average Bonchev–Trinajstić information content (AvgIpc) is 3.29. The summed E-state index contributed by atoms with van der Waals surface area (Å²) in [6.45, 7) is 3.35. The van der Waals surface area contributed by atoms with Crippen molar-refractivity contribution < 1.29 is 42.8 Å². The van der Waals surface area contributed by atoms with Gasteiger partial charge in [0.05, 0.1) is 19.3 Å². The third-order valence-corrected chi connectivity index (χ3v) is 4.80. The average molecular weight is 458 g/mol. The van der Waals surface area contributed by atoms with Crippen LogP contribution in [-0.2, 0) is 30.2 Å². The van der Waals surface area contributed by atoms with E-state index in [4.69, 9.17) is 28.4 Å². The molecular formula is C24H26O9. The molecule has 176 valence electrons. The molecule has 3 rings (SSSR count). The zero-order valence-electron chi connectivity index (χ0n) is 18.8. The van der Waals surface area contributed by atoms with E-state index >= 15 is 0 Å². The van der Waals surface area contributed by atoms with E-state index in [2.05, 4.69) is 0 Å². The Morgan fingerprint density at radius 3 is 2.52 bits per heavy atom. The molecule has 1 heterocycles. The number of esters is 3. The van der Waals surface area contributed by atoms with E-state index in [0.29, 0.717) is 34.8 Å². The molecule has 0 fully saturated rings. The van der Waals surface area contributed by atoms with E-state index in [0.717, 1.165) is 12.0 Å². The number of hydrogen-bond donors (Lipinski definition) is 0. The van der Waals surface area contributed by atoms with Crippen LogP contribution in [0.3, 0.4) is 0 Å². The molecule has 0 aliphatic carbocycles. The first kappa shape index (κ1) is 23.9. The van der Waals surface area contributed by atoms with Gasteiger partial charge in [-0.2, -0.15) is 0 Å². The molecular weight excluding hydrogens is 432 g/mol. The van der Waals surface area contributed by atoms with Gasteiger partial charge in [0.2, 0.25) is 12.9 Å². The summed E-state index contributed by atoms with van der Waals surface area (Å²) in [4.78, 5) is 36.6. The number of benzene rings is 2. The van der Waals surface area contributed by atoms with E-state index in [9.17, 15) is 14.4 Å². The van der Waals surface area contributed by atoms with Crippen molar-refractivity contribution in [1.29, 1.82) is 0 Å². The minimum atomic E-state index is -1.20. The van der Waals surface area contributed by atoms with Gasteiger partial charge in [-0.3, -0.25) is 0 Å². The number of methoxy groups -OCH3 is 1. The fraction of sp³-hybridized carbons (Fsp3) is 0.375. The molecule has 0 amide bonds. The second-order valence-corrected chi connectivity index (χ2v) is 7.09. The highest BCUT2D eigenvalue weighted by atomic mass is 16.7. The van der Waals surface area contributed by atoms with E-state index < -0.39 is 30.6 Å². The molecule has 0 radical (unpaired) electrons. The van der Waals surface area contributed by atoms with Gasteiger partial charge in [-0.25, -0.2) is 14.4 Å². The van der Waals surface area contributed by atoms with Crippen LogP contribution in [0.15, 0.2) is 36.4 Å². The maximum atomic E-state index is 12.9.